The molecule has 0 saturated heterocycles. The summed E-state index contributed by atoms with van der Waals surface area (Å²) in [4.78, 5) is 9.00. The van der Waals surface area contributed by atoms with Gasteiger partial charge in [0, 0.05) is 6.92 Å². The number of carbonyl (C=O) groups is 1. The number of aliphatic carboxylic acids is 1. The van der Waals surface area contributed by atoms with Crippen molar-refractivity contribution >= 4 is 5.97 Å². The average Bonchev–Trinajstić information content (AvgIpc) is 1.82. The summed E-state index contributed by atoms with van der Waals surface area (Å²) in [6.07, 6.45) is 0. The van der Waals surface area contributed by atoms with Crippen molar-refractivity contribution in [3.05, 3.63) is 0 Å². The Kier molecular flexibility index (Phi) is 14.9. The standard InChI is InChI=1S/C3H7O2.C2H4O2.Zn/c1-5-3-2-4;1-2(3)4;/h2-3H2,1H3;1H3,(H,3,4);/q-1;;+1. The fourth-order valence-electron chi connectivity index (χ4n) is 0.142. The molecule has 0 aromatic heterocycles. The van der Waals surface area contributed by atoms with E-state index in [-0.39, 0.29) is 0 Å². The molecule has 0 atom stereocenters. The van der Waals surface area contributed by atoms with Crippen molar-refractivity contribution in [3.63, 3.8) is 0 Å². The van der Waals surface area contributed by atoms with Gasteiger partial charge in [0.1, 0.15) is 0 Å². The molecule has 0 fully saturated rings. The van der Waals surface area contributed by atoms with Crippen molar-refractivity contribution in [1.82, 2.24) is 0 Å². The first-order valence-corrected chi connectivity index (χ1v) is 3.91. The van der Waals surface area contributed by atoms with Gasteiger partial charge in [-0.25, -0.2) is 0 Å². The first-order valence-electron chi connectivity index (χ1n) is 2.70. The van der Waals surface area contributed by atoms with Crippen LogP contribution in [0.1, 0.15) is 6.92 Å². The number of hydrogen-bond donors (Lipinski definition) is 1. The van der Waals surface area contributed by atoms with Crippen LogP contribution in [0.5, 0.6) is 0 Å². The second kappa shape index (κ2) is 11.8. The van der Waals surface area contributed by atoms with Crippen molar-refractivity contribution in [2.45, 2.75) is 6.92 Å². The van der Waals surface area contributed by atoms with Gasteiger partial charge in [-0.2, -0.15) is 0 Å². The van der Waals surface area contributed by atoms with Crippen LogP contribution >= 0.6 is 0 Å². The van der Waals surface area contributed by atoms with E-state index < -0.39 is 5.97 Å². The Balaban J connectivity index is 0. The van der Waals surface area contributed by atoms with Crippen LogP contribution < -0.4 is 0 Å². The molecule has 0 aliphatic rings. The Labute approximate surface area is 70.6 Å². The molecule has 0 saturated carbocycles. The summed E-state index contributed by atoms with van der Waals surface area (Å²) in [5, 5.41) is 7.42. The third-order valence-electron chi connectivity index (χ3n) is 0.432. The summed E-state index contributed by atoms with van der Waals surface area (Å²) >= 11 is 0.906. The van der Waals surface area contributed by atoms with E-state index >= 15 is 0 Å². The normalized spacial score (nSPS) is 8.00. The zero-order valence-electron chi connectivity index (χ0n) is 6.29. The summed E-state index contributed by atoms with van der Waals surface area (Å²) in [5.74, 6) is -0.833. The number of carboxylic acids is 1. The van der Waals surface area contributed by atoms with Crippen LogP contribution in [0.3, 0.4) is 0 Å². The SMILES string of the molecule is CC(=O)O.COCC[O][Zn]. The maximum atomic E-state index is 9.00. The molecule has 4 nitrogen and oxygen atoms in total. The van der Waals surface area contributed by atoms with E-state index in [1.54, 1.807) is 7.11 Å². The molecule has 57 valence electrons. The van der Waals surface area contributed by atoms with Gasteiger partial charge in [-0.3, -0.25) is 4.79 Å². The summed E-state index contributed by atoms with van der Waals surface area (Å²) in [5.41, 5.74) is 0. The van der Waals surface area contributed by atoms with Gasteiger partial charge in [-0.15, -0.1) is 0 Å². The van der Waals surface area contributed by atoms with E-state index in [0.29, 0.717) is 0 Å². The van der Waals surface area contributed by atoms with Crippen molar-refractivity contribution < 1.29 is 36.9 Å². The van der Waals surface area contributed by atoms with E-state index in [9.17, 15) is 0 Å². The number of ether oxygens (including phenoxy) is 1. The van der Waals surface area contributed by atoms with Gasteiger partial charge in [-0.05, 0) is 0 Å². The first kappa shape index (κ1) is 12.7. The van der Waals surface area contributed by atoms with E-state index in [4.69, 9.17) is 13.5 Å². The molecular formula is C5H11O4Zn. The molecule has 10 heavy (non-hydrogen) atoms. The van der Waals surface area contributed by atoms with Gasteiger partial charge in [0.15, 0.2) is 0 Å². The predicted molar refractivity (Wildman–Crippen MR) is 31.1 cm³/mol. The molecule has 0 spiro atoms. The summed E-state index contributed by atoms with van der Waals surface area (Å²) in [7, 11) is 1.67. The first-order chi connectivity index (χ1) is 4.65. The van der Waals surface area contributed by atoms with Crippen LogP contribution in [0.4, 0.5) is 0 Å². The van der Waals surface area contributed by atoms with E-state index in [0.717, 1.165) is 38.8 Å². The zero-order valence-corrected chi connectivity index (χ0v) is 9.26. The Morgan fingerprint density at radius 1 is 1.60 bits per heavy atom. The van der Waals surface area contributed by atoms with Gasteiger partial charge in [0.05, 0.1) is 0 Å². The maximum absolute atomic E-state index is 9.00. The van der Waals surface area contributed by atoms with Crippen molar-refractivity contribution in [1.29, 1.82) is 0 Å². The summed E-state index contributed by atoms with van der Waals surface area (Å²) < 4.78 is 9.46. The van der Waals surface area contributed by atoms with Crippen LogP contribution in [-0.2, 0) is 31.8 Å². The molecule has 0 amide bonds. The van der Waals surface area contributed by atoms with Crippen molar-refractivity contribution in [2.24, 2.45) is 0 Å². The Morgan fingerprint density at radius 3 is 2.10 bits per heavy atom. The Bertz CT molecular complexity index is 68.0. The van der Waals surface area contributed by atoms with E-state index in [1.807, 2.05) is 0 Å². The minimum atomic E-state index is -0.833. The Hall–Kier alpha value is 0.0134. The van der Waals surface area contributed by atoms with Crippen LogP contribution in [-0.4, -0.2) is 31.4 Å². The fraction of sp³-hybridized carbons (Fsp3) is 0.800. The topological polar surface area (TPSA) is 55.8 Å². The van der Waals surface area contributed by atoms with Gasteiger partial charge in [0.2, 0.25) is 0 Å². The summed E-state index contributed by atoms with van der Waals surface area (Å²) in [6.45, 7) is 2.55. The second-order valence-corrected chi connectivity index (χ2v) is 2.28. The molecule has 0 heterocycles. The van der Waals surface area contributed by atoms with E-state index in [1.165, 1.54) is 0 Å². The molecule has 0 aliphatic carbocycles. The third kappa shape index (κ3) is 43.4. The number of hydrogen-bond acceptors (Lipinski definition) is 3. The van der Waals surface area contributed by atoms with Crippen LogP contribution in [0.25, 0.3) is 0 Å². The molecule has 0 radical (unpaired) electrons. The quantitative estimate of drug-likeness (QED) is 0.522. The minimum absolute atomic E-state index is 0.722. The van der Waals surface area contributed by atoms with Crippen LogP contribution in [0, 0.1) is 0 Å². The zero-order chi connectivity index (χ0) is 8.41. The molecule has 0 aliphatic heterocycles. The molecule has 0 unspecified atom stereocenters. The number of rotatable bonds is 3. The average molecular weight is 201 g/mol. The predicted octanol–water partition coefficient (Wildman–Crippen LogP) is 0.202. The molecule has 0 rings (SSSR count). The van der Waals surface area contributed by atoms with Gasteiger partial charge in [-0.1, -0.05) is 0 Å². The number of carboxylic acid groups (broad SMARTS) is 1. The molecular weight excluding hydrogens is 189 g/mol. The van der Waals surface area contributed by atoms with E-state index in [2.05, 4.69) is 4.74 Å². The van der Waals surface area contributed by atoms with Crippen molar-refractivity contribution in [2.75, 3.05) is 20.3 Å². The Morgan fingerprint density at radius 2 is 2.00 bits per heavy atom. The fourth-order valence-corrected chi connectivity index (χ4v) is 0.390. The number of methoxy groups -OCH3 is 1. The van der Waals surface area contributed by atoms with Crippen molar-refractivity contribution in [3.8, 4) is 0 Å². The molecule has 0 bridgehead atoms. The van der Waals surface area contributed by atoms with Crippen LogP contribution in [0.15, 0.2) is 0 Å². The molecule has 0 aromatic rings. The third-order valence-corrected chi connectivity index (χ3v) is 1.04. The van der Waals surface area contributed by atoms with Gasteiger partial charge < -0.3 is 5.11 Å². The molecule has 5 heteroatoms. The monoisotopic (exact) mass is 199 g/mol. The van der Waals surface area contributed by atoms with Crippen LogP contribution in [0.2, 0.25) is 0 Å². The molecule has 0 aromatic carbocycles. The van der Waals surface area contributed by atoms with Gasteiger partial charge in [0.25, 0.3) is 5.97 Å². The molecule has 1 N–H and O–H groups in total. The summed E-state index contributed by atoms with van der Waals surface area (Å²) in [6, 6.07) is 0. The van der Waals surface area contributed by atoms with Gasteiger partial charge >= 0.3 is 47.3 Å². The second-order valence-electron chi connectivity index (χ2n) is 1.42.